The SMILES string of the molecule is Cn1c(CCNC(=O)CCc2ncc(-c3ccccc3Cl)o2)n[nH]c1=S. The van der Waals surface area contributed by atoms with E-state index in [1.807, 2.05) is 25.2 Å². The molecule has 0 unspecified atom stereocenters. The first kappa shape index (κ1) is 18.3. The van der Waals surface area contributed by atoms with Crippen molar-refractivity contribution in [1.82, 2.24) is 25.1 Å². The highest BCUT2D eigenvalue weighted by molar-refractivity contribution is 7.71. The van der Waals surface area contributed by atoms with Crippen molar-refractivity contribution >= 4 is 29.7 Å². The molecule has 0 radical (unpaired) electrons. The summed E-state index contributed by atoms with van der Waals surface area (Å²) in [5, 5.41) is 10.3. The van der Waals surface area contributed by atoms with Crippen LogP contribution >= 0.6 is 23.8 Å². The fourth-order valence-electron chi connectivity index (χ4n) is 2.44. The quantitative estimate of drug-likeness (QED) is 0.604. The number of nitrogens with zero attached hydrogens (tertiary/aromatic N) is 3. The molecule has 136 valence electrons. The van der Waals surface area contributed by atoms with E-state index in [9.17, 15) is 4.79 Å². The maximum Gasteiger partial charge on any atom is 0.220 e. The van der Waals surface area contributed by atoms with Gasteiger partial charge < -0.3 is 14.3 Å². The summed E-state index contributed by atoms with van der Waals surface area (Å²) in [7, 11) is 1.84. The zero-order chi connectivity index (χ0) is 18.5. The highest BCUT2D eigenvalue weighted by Gasteiger charge is 2.11. The lowest BCUT2D eigenvalue weighted by atomic mass is 10.2. The first-order valence-corrected chi connectivity index (χ1v) is 8.90. The zero-order valence-electron chi connectivity index (χ0n) is 14.2. The largest absolute Gasteiger partial charge is 0.441 e. The summed E-state index contributed by atoms with van der Waals surface area (Å²) >= 11 is 11.2. The molecule has 0 saturated carbocycles. The van der Waals surface area contributed by atoms with Gasteiger partial charge in [0.25, 0.3) is 0 Å². The number of aromatic amines is 1. The van der Waals surface area contributed by atoms with E-state index >= 15 is 0 Å². The van der Waals surface area contributed by atoms with Gasteiger partial charge in [0.2, 0.25) is 5.91 Å². The Hall–Kier alpha value is -2.45. The van der Waals surface area contributed by atoms with Crippen LogP contribution < -0.4 is 5.32 Å². The molecule has 3 aromatic rings. The first-order valence-electron chi connectivity index (χ1n) is 8.11. The van der Waals surface area contributed by atoms with Crippen LogP contribution in [0.3, 0.4) is 0 Å². The van der Waals surface area contributed by atoms with Crippen molar-refractivity contribution < 1.29 is 9.21 Å². The molecule has 3 rings (SSSR count). The number of hydrogen-bond donors (Lipinski definition) is 2. The van der Waals surface area contributed by atoms with Crippen molar-refractivity contribution in [2.24, 2.45) is 7.05 Å². The second kappa shape index (κ2) is 8.29. The minimum atomic E-state index is -0.0701. The van der Waals surface area contributed by atoms with Crippen molar-refractivity contribution in [2.45, 2.75) is 19.3 Å². The Bertz CT molecular complexity index is 962. The Kier molecular flexibility index (Phi) is 5.85. The van der Waals surface area contributed by atoms with Gasteiger partial charge in [0, 0.05) is 38.4 Å². The highest BCUT2D eigenvalue weighted by atomic mass is 35.5. The molecule has 0 saturated heterocycles. The van der Waals surface area contributed by atoms with Crippen LogP contribution in [0.1, 0.15) is 18.1 Å². The molecule has 26 heavy (non-hydrogen) atoms. The first-order chi connectivity index (χ1) is 12.5. The van der Waals surface area contributed by atoms with Crippen LogP contribution in [0.4, 0.5) is 0 Å². The molecule has 0 aliphatic rings. The van der Waals surface area contributed by atoms with Gasteiger partial charge in [-0.2, -0.15) is 5.10 Å². The third-order valence-corrected chi connectivity index (χ3v) is 4.60. The predicted octanol–water partition coefficient (Wildman–Crippen LogP) is 3.08. The topological polar surface area (TPSA) is 88.7 Å². The highest BCUT2D eigenvalue weighted by Crippen LogP contribution is 2.28. The Morgan fingerprint density at radius 3 is 2.92 bits per heavy atom. The van der Waals surface area contributed by atoms with E-state index in [1.54, 1.807) is 16.8 Å². The molecule has 2 heterocycles. The number of aryl methyl sites for hydroxylation is 1. The second-order valence-corrected chi connectivity index (χ2v) is 6.50. The number of H-pyrrole nitrogens is 1. The summed E-state index contributed by atoms with van der Waals surface area (Å²) in [6.45, 7) is 0.489. The van der Waals surface area contributed by atoms with E-state index in [1.165, 1.54) is 0 Å². The number of halogens is 1. The van der Waals surface area contributed by atoms with Crippen molar-refractivity contribution in [2.75, 3.05) is 6.54 Å². The molecule has 0 fully saturated rings. The molecule has 2 aromatic heterocycles. The normalized spacial score (nSPS) is 10.8. The van der Waals surface area contributed by atoms with Crippen molar-refractivity contribution in [3.63, 3.8) is 0 Å². The van der Waals surface area contributed by atoms with Crippen LogP contribution in [0.5, 0.6) is 0 Å². The van der Waals surface area contributed by atoms with Crippen LogP contribution in [0, 0.1) is 4.77 Å². The molecular weight excluding hydrogens is 374 g/mol. The van der Waals surface area contributed by atoms with Gasteiger partial charge in [-0.1, -0.05) is 23.7 Å². The second-order valence-electron chi connectivity index (χ2n) is 5.70. The Morgan fingerprint density at radius 2 is 2.19 bits per heavy atom. The van der Waals surface area contributed by atoms with Gasteiger partial charge in [-0.15, -0.1) is 0 Å². The van der Waals surface area contributed by atoms with Crippen LogP contribution in [-0.4, -0.2) is 32.2 Å². The standard InChI is InChI=1S/C17H18ClN5O2S/c1-23-14(21-22-17(23)26)8-9-19-15(24)6-7-16-20-10-13(25-16)11-4-2-3-5-12(11)18/h2-5,10H,6-9H2,1H3,(H,19,24)(H,22,26). The fourth-order valence-corrected chi connectivity index (χ4v) is 2.82. The third kappa shape index (κ3) is 4.39. The number of rotatable bonds is 7. The monoisotopic (exact) mass is 391 g/mol. The Balaban J connectivity index is 1.47. The van der Waals surface area contributed by atoms with E-state index in [-0.39, 0.29) is 5.91 Å². The van der Waals surface area contributed by atoms with Crippen LogP contribution in [0.25, 0.3) is 11.3 Å². The molecular formula is C17H18ClN5O2S. The maximum absolute atomic E-state index is 12.0. The number of oxazole rings is 1. The number of aromatic nitrogens is 4. The fraction of sp³-hybridized carbons (Fsp3) is 0.294. The van der Waals surface area contributed by atoms with Gasteiger partial charge in [0.1, 0.15) is 5.82 Å². The number of nitrogens with one attached hydrogen (secondary N) is 2. The molecule has 1 amide bonds. The minimum absolute atomic E-state index is 0.0701. The van der Waals surface area contributed by atoms with E-state index in [4.69, 9.17) is 28.2 Å². The molecule has 2 N–H and O–H groups in total. The lowest BCUT2D eigenvalue weighted by Crippen LogP contribution is -2.26. The molecule has 0 bridgehead atoms. The lowest BCUT2D eigenvalue weighted by molar-refractivity contribution is -0.121. The van der Waals surface area contributed by atoms with Crippen molar-refractivity contribution in [3.8, 4) is 11.3 Å². The average molecular weight is 392 g/mol. The summed E-state index contributed by atoms with van der Waals surface area (Å²) in [5.41, 5.74) is 0.783. The summed E-state index contributed by atoms with van der Waals surface area (Å²) in [5.74, 6) is 1.83. The molecule has 0 atom stereocenters. The van der Waals surface area contributed by atoms with Crippen LogP contribution in [0.15, 0.2) is 34.9 Å². The molecule has 0 spiro atoms. The molecule has 0 aliphatic heterocycles. The molecule has 7 nitrogen and oxygen atoms in total. The van der Waals surface area contributed by atoms with Crippen LogP contribution in [-0.2, 0) is 24.7 Å². The maximum atomic E-state index is 12.0. The molecule has 0 aliphatic carbocycles. The molecule has 1 aromatic carbocycles. The van der Waals surface area contributed by atoms with E-state index in [0.717, 1.165) is 11.4 Å². The van der Waals surface area contributed by atoms with Gasteiger partial charge in [0.15, 0.2) is 16.4 Å². The summed E-state index contributed by atoms with van der Waals surface area (Å²) in [6, 6.07) is 7.39. The average Bonchev–Trinajstić information content (AvgIpc) is 3.22. The summed E-state index contributed by atoms with van der Waals surface area (Å²) < 4.78 is 8.03. The van der Waals surface area contributed by atoms with Crippen molar-refractivity contribution in [1.29, 1.82) is 0 Å². The van der Waals surface area contributed by atoms with E-state index < -0.39 is 0 Å². The number of hydrogen-bond acceptors (Lipinski definition) is 5. The number of carbonyl (C=O) groups excluding carboxylic acids is 1. The van der Waals surface area contributed by atoms with Crippen LogP contribution in [0.2, 0.25) is 5.02 Å². The number of amides is 1. The van der Waals surface area contributed by atoms with Gasteiger partial charge >= 0.3 is 0 Å². The van der Waals surface area contributed by atoms with Gasteiger partial charge in [-0.25, -0.2) is 4.98 Å². The Labute approximate surface area is 160 Å². The third-order valence-electron chi connectivity index (χ3n) is 3.90. The summed E-state index contributed by atoms with van der Waals surface area (Å²) in [6.07, 6.45) is 2.94. The predicted molar refractivity (Wildman–Crippen MR) is 100 cm³/mol. The van der Waals surface area contributed by atoms with E-state index in [2.05, 4.69) is 20.5 Å². The lowest BCUT2D eigenvalue weighted by Gasteiger charge is -2.04. The van der Waals surface area contributed by atoms with Gasteiger partial charge in [0.05, 0.1) is 11.2 Å². The number of benzene rings is 1. The zero-order valence-corrected chi connectivity index (χ0v) is 15.7. The molecule has 9 heteroatoms. The van der Waals surface area contributed by atoms with Gasteiger partial charge in [-0.3, -0.25) is 9.89 Å². The Morgan fingerprint density at radius 1 is 1.38 bits per heavy atom. The van der Waals surface area contributed by atoms with Gasteiger partial charge in [-0.05, 0) is 24.4 Å². The number of carbonyl (C=O) groups is 1. The summed E-state index contributed by atoms with van der Waals surface area (Å²) in [4.78, 5) is 16.2. The van der Waals surface area contributed by atoms with Crippen molar-refractivity contribution in [3.05, 3.63) is 52.0 Å². The minimum Gasteiger partial charge on any atom is -0.441 e. The smallest absolute Gasteiger partial charge is 0.220 e. The van der Waals surface area contributed by atoms with E-state index in [0.29, 0.717) is 47.3 Å².